The minimum absolute atomic E-state index is 0.163. The summed E-state index contributed by atoms with van der Waals surface area (Å²) >= 11 is 2.98. The summed E-state index contributed by atoms with van der Waals surface area (Å²) in [5.74, 6) is 0. The molecule has 1 unspecified atom stereocenters. The van der Waals surface area contributed by atoms with Crippen LogP contribution in [-0.2, 0) is 0 Å². The van der Waals surface area contributed by atoms with Crippen LogP contribution >= 0.6 is 15.9 Å². The summed E-state index contributed by atoms with van der Waals surface area (Å²) in [6.07, 6.45) is -0.930. The van der Waals surface area contributed by atoms with Crippen LogP contribution < -0.4 is 0 Å². The molecule has 1 atom stereocenters. The van der Waals surface area contributed by atoms with E-state index in [1.54, 1.807) is 20.8 Å². The standard InChI is InChI=1S/C8H15BrN2O4/c1-4-8(9,11(14)15)5-10(6(2)3)7(12)13/h6H,4-5H2,1-3H3,(H,12,13). The summed E-state index contributed by atoms with van der Waals surface area (Å²) in [5.41, 5.74) is 0. The summed E-state index contributed by atoms with van der Waals surface area (Å²) in [6.45, 7) is 4.83. The van der Waals surface area contributed by atoms with Crippen molar-refractivity contribution in [3.8, 4) is 0 Å². The fourth-order valence-electron chi connectivity index (χ4n) is 1.03. The van der Waals surface area contributed by atoms with Gasteiger partial charge in [0.25, 0.3) is 4.45 Å². The van der Waals surface area contributed by atoms with E-state index in [1.807, 2.05) is 0 Å². The molecule has 0 rings (SSSR count). The quantitative estimate of drug-likeness (QED) is 0.362. The molecule has 0 aliphatic rings. The number of amides is 1. The van der Waals surface area contributed by atoms with E-state index in [0.29, 0.717) is 0 Å². The van der Waals surface area contributed by atoms with Crippen LogP contribution in [0, 0.1) is 10.1 Å². The lowest BCUT2D eigenvalue weighted by molar-refractivity contribution is -0.536. The van der Waals surface area contributed by atoms with Gasteiger partial charge in [0.15, 0.2) is 0 Å². The van der Waals surface area contributed by atoms with Gasteiger partial charge in [-0.1, -0.05) is 6.92 Å². The van der Waals surface area contributed by atoms with Crippen molar-refractivity contribution in [2.45, 2.75) is 37.7 Å². The molecule has 0 aromatic rings. The van der Waals surface area contributed by atoms with Crippen molar-refractivity contribution < 1.29 is 14.8 Å². The Bertz CT molecular complexity index is 259. The second-order valence-corrected chi connectivity index (χ2v) is 5.01. The molecule has 6 nitrogen and oxygen atoms in total. The number of hydrogen-bond acceptors (Lipinski definition) is 3. The van der Waals surface area contributed by atoms with Gasteiger partial charge in [0.1, 0.15) is 6.54 Å². The van der Waals surface area contributed by atoms with Gasteiger partial charge in [-0.3, -0.25) is 15.0 Å². The largest absolute Gasteiger partial charge is 0.465 e. The molecule has 1 amide bonds. The van der Waals surface area contributed by atoms with Crippen LogP contribution in [0.3, 0.4) is 0 Å². The zero-order valence-electron chi connectivity index (χ0n) is 8.94. The van der Waals surface area contributed by atoms with Crippen molar-refractivity contribution in [3.05, 3.63) is 10.1 Å². The van der Waals surface area contributed by atoms with E-state index in [-0.39, 0.29) is 19.0 Å². The Hall–Kier alpha value is -0.850. The zero-order valence-corrected chi connectivity index (χ0v) is 10.5. The highest BCUT2D eigenvalue weighted by Gasteiger charge is 2.41. The van der Waals surface area contributed by atoms with Crippen LogP contribution in [0.25, 0.3) is 0 Å². The zero-order chi connectivity index (χ0) is 12.2. The topological polar surface area (TPSA) is 83.7 Å². The highest BCUT2D eigenvalue weighted by Crippen LogP contribution is 2.25. The summed E-state index contributed by atoms with van der Waals surface area (Å²) in [7, 11) is 0. The first-order valence-corrected chi connectivity index (χ1v) is 5.37. The molecule has 0 aliphatic heterocycles. The first-order valence-electron chi connectivity index (χ1n) is 4.57. The third kappa shape index (κ3) is 3.65. The van der Waals surface area contributed by atoms with Gasteiger partial charge in [-0.05, 0) is 13.8 Å². The van der Waals surface area contributed by atoms with Crippen LogP contribution in [0.5, 0.6) is 0 Å². The van der Waals surface area contributed by atoms with E-state index < -0.39 is 15.5 Å². The molecule has 15 heavy (non-hydrogen) atoms. The molecule has 0 spiro atoms. The lowest BCUT2D eigenvalue weighted by Gasteiger charge is -2.28. The molecule has 0 radical (unpaired) electrons. The van der Waals surface area contributed by atoms with Crippen LogP contribution in [0.4, 0.5) is 4.79 Å². The second kappa shape index (κ2) is 5.29. The van der Waals surface area contributed by atoms with Crippen molar-refractivity contribution in [1.82, 2.24) is 4.90 Å². The van der Waals surface area contributed by atoms with E-state index in [2.05, 4.69) is 15.9 Å². The van der Waals surface area contributed by atoms with Crippen LogP contribution in [0.1, 0.15) is 27.2 Å². The molecular weight excluding hydrogens is 268 g/mol. The smallest absolute Gasteiger partial charge is 0.407 e. The molecule has 1 N–H and O–H groups in total. The maximum atomic E-state index is 10.8. The summed E-state index contributed by atoms with van der Waals surface area (Å²) < 4.78 is -1.39. The van der Waals surface area contributed by atoms with E-state index in [9.17, 15) is 14.9 Å². The van der Waals surface area contributed by atoms with Gasteiger partial charge in [0.2, 0.25) is 0 Å². The molecule has 0 saturated carbocycles. The number of hydrogen-bond donors (Lipinski definition) is 1. The fourth-order valence-corrected chi connectivity index (χ4v) is 1.30. The Morgan fingerprint density at radius 2 is 2.13 bits per heavy atom. The first-order chi connectivity index (χ1) is 6.74. The molecule has 0 aliphatic carbocycles. The molecular formula is C8H15BrN2O4. The van der Waals surface area contributed by atoms with Gasteiger partial charge in [-0.25, -0.2) is 4.79 Å². The van der Waals surface area contributed by atoms with Gasteiger partial charge in [-0.2, -0.15) is 0 Å². The average molecular weight is 283 g/mol. The minimum Gasteiger partial charge on any atom is -0.465 e. The molecule has 0 aromatic heterocycles. The summed E-state index contributed by atoms with van der Waals surface area (Å²) in [5, 5.41) is 19.6. The predicted molar refractivity (Wildman–Crippen MR) is 58.8 cm³/mol. The fraction of sp³-hybridized carbons (Fsp3) is 0.875. The Labute approximate surface area is 96.5 Å². The number of nitrogens with zero attached hydrogens (tertiary/aromatic N) is 2. The summed E-state index contributed by atoms with van der Waals surface area (Å²) in [6, 6.07) is -0.286. The summed E-state index contributed by atoms with van der Waals surface area (Å²) in [4.78, 5) is 22.2. The average Bonchev–Trinajstić information content (AvgIpc) is 2.12. The highest BCUT2D eigenvalue weighted by molar-refractivity contribution is 9.10. The Morgan fingerprint density at radius 3 is 2.33 bits per heavy atom. The van der Waals surface area contributed by atoms with Crippen molar-refractivity contribution in [2.24, 2.45) is 0 Å². The predicted octanol–water partition coefficient (Wildman–Crippen LogP) is 2.15. The Morgan fingerprint density at radius 1 is 1.67 bits per heavy atom. The van der Waals surface area contributed by atoms with Gasteiger partial charge in [0, 0.05) is 33.3 Å². The van der Waals surface area contributed by atoms with Crippen molar-refractivity contribution in [3.63, 3.8) is 0 Å². The molecule has 7 heteroatoms. The Balaban J connectivity index is 4.78. The minimum atomic E-state index is -1.39. The number of carboxylic acid groups (broad SMARTS) is 1. The van der Waals surface area contributed by atoms with Gasteiger partial charge >= 0.3 is 6.09 Å². The number of carbonyl (C=O) groups is 1. The maximum Gasteiger partial charge on any atom is 0.407 e. The number of nitro groups is 1. The Kier molecular flexibility index (Phi) is 4.99. The maximum absolute atomic E-state index is 10.8. The molecule has 0 saturated heterocycles. The van der Waals surface area contributed by atoms with E-state index in [0.717, 1.165) is 4.90 Å². The van der Waals surface area contributed by atoms with Crippen LogP contribution in [0.2, 0.25) is 0 Å². The van der Waals surface area contributed by atoms with Crippen molar-refractivity contribution in [1.29, 1.82) is 0 Å². The van der Waals surface area contributed by atoms with Crippen molar-refractivity contribution >= 4 is 22.0 Å². The lowest BCUT2D eigenvalue weighted by Crippen LogP contribution is -2.48. The molecule has 0 heterocycles. The third-order valence-corrected chi connectivity index (χ3v) is 3.25. The number of alkyl halides is 1. The van der Waals surface area contributed by atoms with E-state index in [1.165, 1.54) is 0 Å². The molecule has 88 valence electrons. The monoisotopic (exact) mass is 282 g/mol. The number of halogens is 1. The van der Waals surface area contributed by atoms with E-state index in [4.69, 9.17) is 5.11 Å². The third-order valence-electron chi connectivity index (χ3n) is 2.15. The number of rotatable bonds is 5. The SMILES string of the molecule is CCC(Br)(CN(C(=O)O)C(C)C)[N+](=O)[O-]. The molecule has 0 fully saturated rings. The molecule has 0 aromatic carbocycles. The molecule has 0 bridgehead atoms. The van der Waals surface area contributed by atoms with Crippen LogP contribution in [0.15, 0.2) is 0 Å². The van der Waals surface area contributed by atoms with E-state index >= 15 is 0 Å². The van der Waals surface area contributed by atoms with Gasteiger partial charge in [-0.15, -0.1) is 0 Å². The van der Waals surface area contributed by atoms with Gasteiger partial charge < -0.3 is 5.11 Å². The van der Waals surface area contributed by atoms with Crippen molar-refractivity contribution in [2.75, 3.05) is 6.54 Å². The second-order valence-electron chi connectivity index (χ2n) is 3.53. The van der Waals surface area contributed by atoms with Gasteiger partial charge in [0.05, 0.1) is 0 Å². The highest BCUT2D eigenvalue weighted by atomic mass is 79.9. The normalized spacial score (nSPS) is 14.7. The van der Waals surface area contributed by atoms with Crippen LogP contribution in [-0.4, -0.2) is 38.1 Å². The first kappa shape index (κ1) is 14.2. The lowest BCUT2D eigenvalue weighted by atomic mass is 10.2.